The molecule has 0 atom stereocenters. The highest BCUT2D eigenvalue weighted by molar-refractivity contribution is 7.80. The third-order valence-corrected chi connectivity index (χ3v) is 4.43. The van der Waals surface area contributed by atoms with E-state index in [9.17, 15) is 9.59 Å². The number of fused-ring (bicyclic) bond motifs is 1. The number of pyridine rings is 1. The zero-order valence-electron chi connectivity index (χ0n) is 13.8. The molecule has 132 valence electrons. The van der Waals surface area contributed by atoms with Gasteiger partial charge in [-0.05, 0) is 36.5 Å². The van der Waals surface area contributed by atoms with Crippen LogP contribution in [-0.2, 0) is 9.59 Å². The van der Waals surface area contributed by atoms with Crippen LogP contribution in [0.1, 0.15) is 5.56 Å². The molecule has 0 radical (unpaired) electrons. The van der Waals surface area contributed by atoms with Crippen LogP contribution in [0, 0.1) is 0 Å². The zero-order valence-corrected chi connectivity index (χ0v) is 15.4. The van der Waals surface area contributed by atoms with Crippen LogP contribution in [0.2, 0.25) is 5.15 Å². The number of carbonyl (C=O) groups is 2. The molecule has 0 unspecified atom stereocenters. The van der Waals surface area contributed by atoms with Crippen LogP contribution < -0.4 is 10.1 Å². The molecular weight excluding hydrogens is 374 g/mol. The van der Waals surface area contributed by atoms with Gasteiger partial charge in [0.2, 0.25) is 0 Å². The molecule has 8 heteroatoms. The highest BCUT2D eigenvalue weighted by Gasteiger charge is 2.32. The fourth-order valence-electron chi connectivity index (χ4n) is 2.51. The summed E-state index contributed by atoms with van der Waals surface area (Å²) in [5.74, 6) is -0.432. The number of amides is 2. The first-order valence-electron chi connectivity index (χ1n) is 7.58. The Bertz CT molecular complexity index is 987. The molecule has 0 saturated carbocycles. The minimum atomic E-state index is -0.578. The molecule has 1 aromatic heterocycles. The van der Waals surface area contributed by atoms with Gasteiger partial charge in [0, 0.05) is 23.6 Å². The number of benzene rings is 1. The van der Waals surface area contributed by atoms with Gasteiger partial charge >= 0.3 is 0 Å². The molecule has 26 heavy (non-hydrogen) atoms. The lowest BCUT2D eigenvalue weighted by atomic mass is 10.1. The van der Waals surface area contributed by atoms with E-state index < -0.39 is 11.8 Å². The highest BCUT2D eigenvalue weighted by atomic mass is 35.5. The van der Waals surface area contributed by atoms with E-state index in [0.29, 0.717) is 16.8 Å². The van der Waals surface area contributed by atoms with Gasteiger partial charge in [0.1, 0.15) is 16.5 Å². The lowest BCUT2D eigenvalue weighted by Gasteiger charge is -2.27. The standard InChI is InChI=1S/C18H14ClN3O3S/c1-3-6-22-17(24)13(16(23)21-18(22)26)8-11-7-10-4-5-12(25-2)9-14(10)20-15(11)19/h3-5,7-9H,1,6H2,2H3,(H,21,23,26)/b13-8+. The number of hydrogen-bond acceptors (Lipinski definition) is 5. The number of ether oxygens (including phenoxy) is 1. The molecule has 0 bridgehead atoms. The topological polar surface area (TPSA) is 71.5 Å². The second kappa shape index (κ2) is 7.23. The van der Waals surface area contributed by atoms with Crippen LogP contribution in [0.15, 0.2) is 42.5 Å². The summed E-state index contributed by atoms with van der Waals surface area (Å²) in [6.45, 7) is 3.78. The molecule has 3 rings (SSSR count). The lowest BCUT2D eigenvalue weighted by molar-refractivity contribution is -0.128. The zero-order chi connectivity index (χ0) is 18.8. The van der Waals surface area contributed by atoms with Gasteiger partial charge in [0.15, 0.2) is 5.11 Å². The molecule has 6 nitrogen and oxygen atoms in total. The Balaban J connectivity index is 2.06. The van der Waals surface area contributed by atoms with Crippen molar-refractivity contribution >= 4 is 57.7 Å². The maximum atomic E-state index is 12.6. The van der Waals surface area contributed by atoms with Gasteiger partial charge in [0.05, 0.1) is 12.6 Å². The van der Waals surface area contributed by atoms with Gasteiger partial charge in [-0.25, -0.2) is 4.98 Å². The number of thiocarbonyl (C=S) groups is 1. The number of nitrogens with one attached hydrogen (secondary N) is 1. The van der Waals surface area contributed by atoms with E-state index in [1.807, 2.05) is 6.07 Å². The third-order valence-electron chi connectivity index (χ3n) is 3.80. The number of aromatic nitrogens is 1. The smallest absolute Gasteiger partial charge is 0.265 e. The van der Waals surface area contributed by atoms with E-state index in [4.69, 9.17) is 28.6 Å². The summed E-state index contributed by atoms with van der Waals surface area (Å²) in [4.78, 5) is 30.4. The van der Waals surface area contributed by atoms with Crippen molar-refractivity contribution in [2.24, 2.45) is 0 Å². The Kier molecular flexibility index (Phi) is 5.01. The van der Waals surface area contributed by atoms with Crippen molar-refractivity contribution in [2.75, 3.05) is 13.7 Å². The van der Waals surface area contributed by atoms with Gasteiger partial charge in [-0.3, -0.25) is 19.8 Å². The first-order chi connectivity index (χ1) is 12.4. The third kappa shape index (κ3) is 3.31. The van der Waals surface area contributed by atoms with Crippen molar-refractivity contribution in [1.82, 2.24) is 15.2 Å². The highest BCUT2D eigenvalue weighted by Crippen LogP contribution is 2.26. The molecule has 1 saturated heterocycles. The van der Waals surface area contributed by atoms with Crippen molar-refractivity contribution < 1.29 is 14.3 Å². The van der Waals surface area contributed by atoms with Crippen LogP contribution >= 0.6 is 23.8 Å². The van der Waals surface area contributed by atoms with Crippen molar-refractivity contribution in [3.05, 3.63) is 53.2 Å². The Labute approximate surface area is 160 Å². The van der Waals surface area contributed by atoms with Gasteiger partial charge in [-0.15, -0.1) is 6.58 Å². The molecule has 1 aliphatic rings. The number of halogens is 1. The second-order valence-corrected chi connectivity index (χ2v) is 6.19. The summed E-state index contributed by atoms with van der Waals surface area (Å²) in [7, 11) is 1.56. The number of methoxy groups -OCH3 is 1. The molecule has 2 amide bonds. The van der Waals surface area contributed by atoms with Gasteiger partial charge in [-0.1, -0.05) is 17.7 Å². The molecule has 0 aliphatic carbocycles. The summed E-state index contributed by atoms with van der Waals surface area (Å²) in [6.07, 6.45) is 2.94. The maximum absolute atomic E-state index is 12.6. The summed E-state index contributed by atoms with van der Waals surface area (Å²) in [6, 6.07) is 7.11. The fourth-order valence-corrected chi connectivity index (χ4v) is 2.96. The molecule has 1 aromatic carbocycles. The molecule has 1 fully saturated rings. The molecular formula is C18H14ClN3O3S. The van der Waals surface area contributed by atoms with Crippen molar-refractivity contribution in [1.29, 1.82) is 0 Å². The average Bonchev–Trinajstić information content (AvgIpc) is 2.62. The normalized spacial score (nSPS) is 16.2. The first kappa shape index (κ1) is 18.0. The fraction of sp³-hybridized carbons (Fsp3) is 0.111. The number of carbonyl (C=O) groups excluding carboxylic acids is 2. The van der Waals surface area contributed by atoms with E-state index in [2.05, 4.69) is 16.9 Å². The monoisotopic (exact) mass is 387 g/mol. The van der Waals surface area contributed by atoms with Crippen LogP contribution in [0.25, 0.3) is 17.0 Å². The summed E-state index contributed by atoms with van der Waals surface area (Å²) < 4.78 is 5.17. The number of rotatable bonds is 4. The van der Waals surface area contributed by atoms with Gasteiger partial charge in [-0.2, -0.15) is 0 Å². The largest absolute Gasteiger partial charge is 0.497 e. The lowest BCUT2D eigenvalue weighted by Crippen LogP contribution is -2.53. The Morgan fingerprint density at radius 3 is 2.85 bits per heavy atom. The Morgan fingerprint density at radius 1 is 1.38 bits per heavy atom. The second-order valence-electron chi connectivity index (χ2n) is 5.45. The molecule has 0 spiro atoms. The summed E-state index contributed by atoms with van der Waals surface area (Å²) in [5, 5.41) is 3.50. The quantitative estimate of drug-likeness (QED) is 0.287. The van der Waals surface area contributed by atoms with Gasteiger partial charge in [0.25, 0.3) is 11.8 Å². The molecule has 1 N–H and O–H groups in total. The number of nitrogens with zero attached hydrogens (tertiary/aromatic N) is 2. The average molecular weight is 388 g/mol. The summed E-state index contributed by atoms with van der Waals surface area (Å²) >= 11 is 11.3. The summed E-state index contributed by atoms with van der Waals surface area (Å²) in [5.41, 5.74) is 1.02. The van der Waals surface area contributed by atoms with E-state index in [0.717, 1.165) is 5.39 Å². The number of hydrogen-bond donors (Lipinski definition) is 1. The molecule has 1 aliphatic heterocycles. The van der Waals surface area contributed by atoms with Gasteiger partial charge < -0.3 is 4.74 Å². The first-order valence-corrected chi connectivity index (χ1v) is 8.37. The predicted octanol–water partition coefficient (Wildman–Crippen LogP) is 2.71. The van der Waals surface area contributed by atoms with E-state index in [-0.39, 0.29) is 22.4 Å². The molecule has 2 heterocycles. The SMILES string of the molecule is C=CCN1C(=O)/C(=C/c2cc3ccc(OC)cc3nc2Cl)C(=O)NC1=S. The Morgan fingerprint density at radius 2 is 2.15 bits per heavy atom. The van der Waals surface area contributed by atoms with Crippen LogP contribution in [0.5, 0.6) is 5.75 Å². The van der Waals surface area contributed by atoms with Crippen molar-refractivity contribution in [3.8, 4) is 5.75 Å². The Hall–Kier alpha value is -2.77. The minimum Gasteiger partial charge on any atom is -0.497 e. The minimum absolute atomic E-state index is 0.0480. The van der Waals surface area contributed by atoms with Crippen LogP contribution in [0.4, 0.5) is 0 Å². The van der Waals surface area contributed by atoms with E-state index in [1.54, 1.807) is 25.3 Å². The van der Waals surface area contributed by atoms with Crippen LogP contribution in [-0.4, -0.2) is 40.5 Å². The van der Waals surface area contributed by atoms with Crippen LogP contribution in [0.3, 0.4) is 0 Å². The van der Waals surface area contributed by atoms with E-state index in [1.165, 1.54) is 17.1 Å². The maximum Gasteiger partial charge on any atom is 0.265 e. The van der Waals surface area contributed by atoms with Crippen molar-refractivity contribution in [3.63, 3.8) is 0 Å². The van der Waals surface area contributed by atoms with E-state index >= 15 is 0 Å². The van der Waals surface area contributed by atoms with Crippen molar-refractivity contribution in [2.45, 2.75) is 0 Å². The molecule has 2 aromatic rings. The predicted molar refractivity (Wildman–Crippen MR) is 104 cm³/mol.